The van der Waals surface area contributed by atoms with Crippen LogP contribution in [0.15, 0.2) is 109 Å². The number of unbranched alkanes of at least 4 members (excludes halogenated alkanes) is 18. The van der Waals surface area contributed by atoms with Crippen molar-refractivity contribution in [2.45, 2.75) is 213 Å². The van der Waals surface area contributed by atoms with Crippen molar-refractivity contribution >= 4 is 17.9 Å². The molecule has 0 aromatic carbocycles. The van der Waals surface area contributed by atoms with E-state index in [-0.39, 0.29) is 37.5 Å². The molecule has 0 aliphatic rings. The number of ether oxygens (including phenoxy) is 3. The van der Waals surface area contributed by atoms with E-state index < -0.39 is 6.10 Å². The van der Waals surface area contributed by atoms with Crippen LogP contribution in [0.2, 0.25) is 0 Å². The monoisotopic (exact) mass is 859 g/mol. The van der Waals surface area contributed by atoms with Gasteiger partial charge in [-0.25, -0.2) is 0 Å². The van der Waals surface area contributed by atoms with E-state index in [0.29, 0.717) is 19.3 Å². The first-order valence-electron chi connectivity index (χ1n) is 25.0. The summed E-state index contributed by atoms with van der Waals surface area (Å²) in [6.45, 7) is 6.27. The Labute approximate surface area is 380 Å². The Morgan fingerprint density at radius 2 is 0.726 bits per heavy atom. The summed E-state index contributed by atoms with van der Waals surface area (Å²) in [5.74, 6) is -1.01. The van der Waals surface area contributed by atoms with Gasteiger partial charge in [-0.1, -0.05) is 207 Å². The molecule has 0 saturated heterocycles. The van der Waals surface area contributed by atoms with E-state index in [0.717, 1.165) is 83.5 Å². The zero-order valence-electron chi connectivity index (χ0n) is 39.8. The predicted molar refractivity (Wildman–Crippen MR) is 265 cm³/mol. The molecule has 0 aromatic rings. The number of carbonyl (C=O) groups excluding carboxylic acids is 3. The number of allylic oxidation sites excluding steroid dienone is 18. The summed E-state index contributed by atoms with van der Waals surface area (Å²) in [6, 6.07) is 0. The molecular formula is C56H90O6. The summed E-state index contributed by atoms with van der Waals surface area (Å²) >= 11 is 0. The average Bonchev–Trinajstić information content (AvgIpc) is 3.27. The maximum atomic E-state index is 12.8. The van der Waals surface area contributed by atoms with Crippen molar-refractivity contribution < 1.29 is 28.6 Å². The second kappa shape index (κ2) is 49.7. The van der Waals surface area contributed by atoms with Crippen LogP contribution in [0.3, 0.4) is 0 Å². The molecule has 0 aromatic heterocycles. The fourth-order valence-electron chi connectivity index (χ4n) is 6.42. The summed E-state index contributed by atoms with van der Waals surface area (Å²) < 4.78 is 16.7. The SMILES string of the molecule is CC/C=C/C=C/C=C/C=C/C=C/CCCC(=O)OCC(COC(=O)CCCCCCCCC/C=C/C/C=C/CCCCC)OC(=O)CCCCCCCCC/C=C/C/C=C/CC. The zero-order valence-corrected chi connectivity index (χ0v) is 39.8. The minimum Gasteiger partial charge on any atom is -0.462 e. The number of hydrogen-bond acceptors (Lipinski definition) is 6. The fraction of sp³-hybridized carbons (Fsp3) is 0.625. The van der Waals surface area contributed by atoms with Gasteiger partial charge >= 0.3 is 17.9 Å². The lowest BCUT2D eigenvalue weighted by Gasteiger charge is -2.18. The first-order chi connectivity index (χ1) is 30.5. The van der Waals surface area contributed by atoms with Crippen molar-refractivity contribution in [1.29, 1.82) is 0 Å². The van der Waals surface area contributed by atoms with Crippen molar-refractivity contribution in [2.24, 2.45) is 0 Å². The van der Waals surface area contributed by atoms with Crippen molar-refractivity contribution in [3.05, 3.63) is 109 Å². The highest BCUT2D eigenvalue weighted by atomic mass is 16.6. The maximum Gasteiger partial charge on any atom is 0.306 e. The van der Waals surface area contributed by atoms with Gasteiger partial charge in [0.1, 0.15) is 13.2 Å². The van der Waals surface area contributed by atoms with Crippen LogP contribution in [-0.2, 0) is 28.6 Å². The fourth-order valence-corrected chi connectivity index (χ4v) is 6.42. The third-order valence-corrected chi connectivity index (χ3v) is 10.1. The quantitative estimate of drug-likeness (QED) is 0.0200. The molecule has 62 heavy (non-hydrogen) atoms. The second-order valence-corrected chi connectivity index (χ2v) is 16.1. The van der Waals surface area contributed by atoms with E-state index >= 15 is 0 Å². The lowest BCUT2D eigenvalue weighted by molar-refractivity contribution is -0.167. The molecule has 0 fully saturated rings. The van der Waals surface area contributed by atoms with E-state index in [1.165, 1.54) is 77.0 Å². The largest absolute Gasteiger partial charge is 0.462 e. The molecule has 0 radical (unpaired) electrons. The molecule has 0 heterocycles. The van der Waals surface area contributed by atoms with Crippen LogP contribution < -0.4 is 0 Å². The number of rotatable bonds is 43. The average molecular weight is 859 g/mol. The van der Waals surface area contributed by atoms with Crippen LogP contribution in [0.25, 0.3) is 0 Å². The van der Waals surface area contributed by atoms with Crippen LogP contribution in [-0.4, -0.2) is 37.2 Å². The molecule has 350 valence electrons. The summed E-state index contributed by atoms with van der Waals surface area (Å²) in [5, 5.41) is 0. The highest BCUT2D eigenvalue weighted by Crippen LogP contribution is 2.13. The van der Waals surface area contributed by atoms with Gasteiger partial charge in [0, 0.05) is 19.3 Å². The maximum absolute atomic E-state index is 12.8. The van der Waals surface area contributed by atoms with Crippen LogP contribution in [0, 0.1) is 0 Å². The van der Waals surface area contributed by atoms with Crippen LogP contribution in [0.5, 0.6) is 0 Å². The second-order valence-electron chi connectivity index (χ2n) is 16.1. The summed E-state index contributed by atoms with van der Waals surface area (Å²) in [6.07, 6.45) is 66.5. The van der Waals surface area contributed by atoms with Crippen molar-refractivity contribution in [3.63, 3.8) is 0 Å². The molecule has 0 spiro atoms. The summed E-state index contributed by atoms with van der Waals surface area (Å²) in [5.41, 5.74) is 0. The zero-order chi connectivity index (χ0) is 45.1. The van der Waals surface area contributed by atoms with E-state index in [4.69, 9.17) is 14.2 Å². The Morgan fingerprint density at radius 1 is 0.355 bits per heavy atom. The molecule has 1 atom stereocenters. The minimum atomic E-state index is -0.815. The molecular weight excluding hydrogens is 769 g/mol. The molecule has 0 amide bonds. The van der Waals surface area contributed by atoms with Crippen molar-refractivity contribution in [1.82, 2.24) is 0 Å². The van der Waals surface area contributed by atoms with Gasteiger partial charge in [-0.05, 0) is 89.9 Å². The van der Waals surface area contributed by atoms with Gasteiger partial charge in [0.05, 0.1) is 0 Å². The Morgan fingerprint density at radius 3 is 1.21 bits per heavy atom. The lowest BCUT2D eigenvalue weighted by atomic mass is 10.1. The smallest absolute Gasteiger partial charge is 0.306 e. The molecule has 0 N–H and O–H groups in total. The minimum absolute atomic E-state index is 0.110. The number of hydrogen-bond donors (Lipinski definition) is 0. The molecule has 6 heteroatoms. The van der Waals surface area contributed by atoms with E-state index in [9.17, 15) is 14.4 Å². The predicted octanol–water partition coefficient (Wildman–Crippen LogP) is 16.4. The molecule has 1 unspecified atom stereocenters. The van der Waals surface area contributed by atoms with Crippen molar-refractivity contribution in [3.8, 4) is 0 Å². The summed E-state index contributed by atoms with van der Waals surface area (Å²) in [4.78, 5) is 37.9. The van der Waals surface area contributed by atoms with Crippen LogP contribution in [0.1, 0.15) is 207 Å². The molecule has 0 aliphatic carbocycles. The van der Waals surface area contributed by atoms with Crippen LogP contribution in [0.4, 0.5) is 0 Å². The Balaban J connectivity index is 4.50. The highest BCUT2D eigenvalue weighted by Gasteiger charge is 2.19. The highest BCUT2D eigenvalue weighted by molar-refractivity contribution is 5.71. The standard InChI is InChI=1S/C56H90O6/c1-4-7-10-13-16-19-22-25-27-28-29-32-34-37-40-43-46-49-55(58)61-52-53(51-60-54(57)48-45-42-39-36-33-30-24-21-18-15-12-9-6-3)62-56(59)50-47-44-41-38-35-31-26-23-20-17-14-11-8-5-2/h8-9,11-12,15-21,24-25,27,30,33,36,39,53H,4-7,10,13-14,22-23,26,28-29,31-32,34-35,37-38,40-52H2,1-3H3/b11-8+,12-9+,18-15+,19-16+,20-17+,24-21+,27-25+,33-30+,39-36+. The van der Waals surface area contributed by atoms with Gasteiger partial charge in [-0.3, -0.25) is 14.4 Å². The first kappa shape index (κ1) is 58.1. The Kier molecular flexibility index (Phi) is 46.6. The molecule has 0 saturated carbocycles. The van der Waals surface area contributed by atoms with E-state index in [2.05, 4.69) is 75.5 Å². The van der Waals surface area contributed by atoms with Crippen molar-refractivity contribution in [2.75, 3.05) is 13.2 Å². The third kappa shape index (κ3) is 47.1. The Hall–Kier alpha value is -3.93. The first-order valence-corrected chi connectivity index (χ1v) is 25.0. The number of esters is 3. The number of carbonyl (C=O) groups is 3. The van der Waals surface area contributed by atoms with Gasteiger partial charge in [0.2, 0.25) is 0 Å². The normalized spacial score (nSPS) is 13.0. The van der Waals surface area contributed by atoms with Gasteiger partial charge in [-0.2, -0.15) is 0 Å². The topological polar surface area (TPSA) is 78.9 Å². The molecule has 0 aliphatic heterocycles. The lowest BCUT2D eigenvalue weighted by Crippen LogP contribution is -2.30. The summed E-state index contributed by atoms with van der Waals surface area (Å²) in [7, 11) is 0. The van der Waals surface area contributed by atoms with Gasteiger partial charge in [-0.15, -0.1) is 0 Å². The van der Waals surface area contributed by atoms with Gasteiger partial charge in [0.15, 0.2) is 6.10 Å². The third-order valence-electron chi connectivity index (χ3n) is 10.1. The van der Waals surface area contributed by atoms with E-state index in [1.54, 1.807) is 0 Å². The Bertz CT molecular complexity index is 1310. The molecule has 6 nitrogen and oxygen atoms in total. The van der Waals surface area contributed by atoms with Gasteiger partial charge in [0.25, 0.3) is 0 Å². The van der Waals surface area contributed by atoms with Gasteiger partial charge < -0.3 is 14.2 Å². The molecule has 0 rings (SSSR count). The molecule has 0 bridgehead atoms. The van der Waals surface area contributed by atoms with Crippen LogP contribution >= 0.6 is 0 Å². The van der Waals surface area contributed by atoms with E-state index in [1.807, 2.05) is 54.7 Å².